The van der Waals surface area contributed by atoms with Crippen molar-refractivity contribution in [3.8, 4) is 11.8 Å². The average molecular weight is 628 g/mol. The van der Waals surface area contributed by atoms with Crippen LogP contribution in [-0.2, 0) is 21.1 Å². The molecule has 2 heterocycles. The number of hydrogen-bond acceptors (Lipinski definition) is 2. The molecule has 0 atom stereocenters. The van der Waals surface area contributed by atoms with Crippen molar-refractivity contribution < 1.29 is 21.1 Å². The molecule has 0 amide bonds. The molecule has 6 aromatic rings. The second kappa shape index (κ2) is 12.9. The van der Waals surface area contributed by atoms with Crippen LogP contribution >= 0.6 is 0 Å². The molecule has 168 valence electrons. The van der Waals surface area contributed by atoms with Crippen molar-refractivity contribution in [2.45, 2.75) is 0 Å². The van der Waals surface area contributed by atoms with Crippen molar-refractivity contribution in [3.63, 3.8) is 0 Å². The first-order valence-electron chi connectivity index (χ1n) is 10.8. The molecule has 0 aliphatic carbocycles. The molecule has 0 bridgehead atoms. The summed E-state index contributed by atoms with van der Waals surface area (Å²) in [5.74, 6) is 4.55. The van der Waals surface area contributed by atoms with Gasteiger partial charge in [0, 0.05) is 28.6 Å². The van der Waals surface area contributed by atoms with Crippen LogP contribution in [0.25, 0.3) is 32.6 Å². The average Bonchev–Trinajstić information content (AvgIpc) is 2.94. The Balaban J connectivity index is 0.000000169. The number of fused-ring (bicyclic) bond motifs is 5. The molecular weight excluding hydrogens is 607 g/mol. The van der Waals surface area contributed by atoms with Gasteiger partial charge in [-0.05, 0) is 17.5 Å². The molecule has 0 aliphatic heterocycles. The zero-order valence-electron chi connectivity index (χ0n) is 18.8. The van der Waals surface area contributed by atoms with Crippen LogP contribution in [0.1, 0.15) is 11.1 Å². The zero-order valence-corrected chi connectivity index (χ0v) is 21.0. The number of aromatic nitrogens is 2. The molecule has 0 unspecified atom stereocenters. The third kappa shape index (κ3) is 6.43. The molecular formula is C32H20N2Pt. The van der Waals surface area contributed by atoms with Gasteiger partial charge in [-0.1, -0.05) is 72.8 Å². The third-order valence-electron chi connectivity index (χ3n) is 5.16. The molecule has 0 aliphatic rings. The normalized spacial score (nSPS) is 9.43. The number of hydrogen-bond donors (Lipinski definition) is 0. The van der Waals surface area contributed by atoms with Gasteiger partial charge in [-0.2, -0.15) is 0 Å². The van der Waals surface area contributed by atoms with Crippen LogP contribution in [0, 0.1) is 24.7 Å². The smallest absolute Gasteiger partial charge is 0.366 e. The minimum Gasteiger partial charge on any atom is -0.366 e. The van der Waals surface area contributed by atoms with Crippen molar-refractivity contribution in [2.24, 2.45) is 0 Å². The second-order valence-electron chi connectivity index (χ2n) is 7.36. The number of benzene rings is 4. The van der Waals surface area contributed by atoms with E-state index in [1.165, 1.54) is 5.39 Å². The number of rotatable bonds is 0. The fraction of sp³-hybridized carbons (Fsp3) is 0. The first-order chi connectivity index (χ1) is 16.8. The molecule has 35 heavy (non-hydrogen) atoms. The maximum absolute atomic E-state index is 6.69. The van der Waals surface area contributed by atoms with E-state index in [4.69, 9.17) is 12.8 Å². The van der Waals surface area contributed by atoms with Gasteiger partial charge in [0.1, 0.15) is 0 Å². The molecule has 3 heteroatoms. The SMILES string of the molecule is [C-]#Cc1ccccc1.[C-]#Cc1ccccc1.[Pt+2].c1cnc2c(c1)ccc1ccc3cccnc3c12. The van der Waals surface area contributed by atoms with Crippen molar-refractivity contribution in [1.29, 1.82) is 0 Å². The van der Waals surface area contributed by atoms with Crippen LogP contribution < -0.4 is 0 Å². The maximum Gasteiger partial charge on any atom is 2.00 e. The van der Waals surface area contributed by atoms with Crippen LogP contribution in [0.2, 0.25) is 0 Å². The Hall–Kier alpha value is -4.23. The summed E-state index contributed by atoms with van der Waals surface area (Å²) >= 11 is 0. The Kier molecular flexibility index (Phi) is 9.33. The Morgan fingerprint density at radius 3 is 1.23 bits per heavy atom. The molecule has 6 rings (SSSR count). The molecule has 0 saturated heterocycles. The van der Waals surface area contributed by atoms with Crippen LogP contribution in [-0.4, -0.2) is 9.97 Å². The van der Waals surface area contributed by atoms with Crippen molar-refractivity contribution in [3.05, 3.63) is 146 Å². The Labute approximate surface area is 220 Å². The van der Waals surface area contributed by atoms with E-state index in [1.54, 1.807) is 0 Å². The van der Waals surface area contributed by atoms with E-state index in [9.17, 15) is 0 Å². The van der Waals surface area contributed by atoms with Gasteiger partial charge in [-0.25, -0.2) is 0 Å². The Morgan fingerprint density at radius 2 is 0.857 bits per heavy atom. The van der Waals surface area contributed by atoms with E-state index in [0.717, 1.165) is 38.3 Å². The van der Waals surface area contributed by atoms with Crippen LogP contribution in [0.5, 0.6) is 0 Å². The van der Waals surface area contributed by atoms with E-state index in [0.29, 0.717) is 0 Å². The van der Waals surface area contributed by atoms with Gasteiger partial charge in [-0.15, -0.1) is 35.4 Å². The predicted octanol–water partition coefficient (Wildman–Crippen LogP) is 7.18. The summed E-state index contributed by atoms with van der Waals surface area (Å²) in [6, 6.07) is 35.3. The quantitative estimate of drug-likeness (QED) is 0.101. The third-order valence-corrected chi connectivity index (χ3v) is 5.16. The van der Waals surface area contributed by atoms with Gasteiger partial charge in [-0.3, -0.25) is 21.8 Å². The monoisotopic (exact) mass is 627 g/mol. The van der Waals surface area contributed by atoms with E-state index in [1.807, 2.05) is 85.2 Å². The Bertz CT molecular complexity index is 1490. The van der Waals surface area contributed by atoms with Gasteiger partial charge in [0.25, 0.3) is 0 Å². The summed E-state index contributed by atoms with van der Waals surface area (Å²) in [5, 5.41) is 4.64. The summed E-state index contributed by atoms with van der Waals surface area (Å²) < 4.78 is 0. The summed E-state index contributed by atoms with van der Waals surface area (Å²) in [5.41, 5.74) is 3.71. The maximum atomic E-state index is 6.69. The Morgan fingerprint density at radius 1 is 0.457 bits per heavy atom. The summed E-state index contributed by atoms with van der Waals surface area (Å²) in [6.07, 6.45) is 17.1. The van der Waals surface area contributed by atoms with E-state index >= 15 is 0 Å². The topological polar surface area (TPSA) is 25.8 Å². The van der Waals surface area contributed by atoms with Crippen LogP contribution in [0.15, 0.2) is 122 Å². The minimum absolute atomic E-state index is 0. The fourth-order valence-electron chi connectivity index (χ4n) is 3.53. The molecule has 0 spiro atoms. The van der Waals surface area contributed by atoms with E-state index in [2.05, 4.69) is 58.2 Å². The van der Waals surface area contributed by atoms with Gasteiger partial charge in [0.2, 0.25) is 0 Å². The molecule has 2 nitrogen and oxygen atoms in total. The van der Waals surface area contributed by atoms with Crippen molar-refractivity contribution in [2.75, 3.05) is 0 Å². The largest absolute Gasteiger partial charge is 2.00 e. The fourth-order valence-corrected chi connectivity index (χ4v) is 3.53. The molecule has 4 aromatic carbocycles. The zero-order chi connectivity index (χ0) is 23.6. The van der Waals surface area contributed by atoms with E-state index in [-0.39, 0.29) is 21.1 Å². The first kappa shape index (κ1) is 25.4. The molecule has 2 aromatic heterocycles. The predicted molar refractivity (Wildman–Crippen MR) is 140 cm³/mol. The van der Waals surface area contributed by atoms with Gasteiger partial charge >= 0.3 is 21.1 Å². The molecule has 0 radical (unpaired) electrons. The van der Waals surface area contributed by atoms with Crippen molar-refractivity contribution in [1.82, 2.24) is 9.97 Å². The number of nitrogens with zero attached hydrogens (tertiary/aromatic N) is 2. The summed E-state index contributed by atoms with van der Waals surface area (Å²) in [6.45, 7) is 0. The minimum atomic E-state index is 0. The van der Waals surface area contributed by atoms with E-state index < -0.39 is 0 Å². The molecule has 0 N–H and O–H groups in total. The standard InChI is InChI=1S/C16H10N2.2C8H5.Pt/c1-3-12-7-5-11-6-8-13-4-2-10-18-16(13)14(11)15(12)17-9-1;2*1-2-8-6-4-3-5-7-8;/h1-10H;2*3-7H;/q;2*-1;+2. The second-order valence-corrected chi connectivity index (χ2v) is 7.36. The van der Waals surface area contributed by atoms with Crippen LogP contribution in [0.3, 0.4) is 0 Å². The van der Waals surface area contributed by atoms with Gasteiger partial charge < -0.3 is 12.8 Å². The summed E-state index contributed by atoms with van der Waals surface area (Å²) in [7, 11) is 0. The summed E-state index contributed by atoms with van der Waals surface area (Å²) in [4.78, 5) is 9.04. The van der Waals surface area contributed by atoms with Gasteiger partial charge in [0.05, 0.1) is 11.0 Å². The van der Waals surface area contributed by atoms with Crippen molar-refractivity contribution >= 4 is 32.6 Å². The first-order valence-corrected chi connectivity index (χ1v) is 10.8. The number of pyridine rings is 2. The van der Waals surface area contributed by atoms with Crippen LogP contribution in [0.4, 0.5) is 0 Å². The van der Waals surface area contributed by atoms with Gasteiger partial charge in [0.15, 0.2) is 0 Å². The molecule has 0 saturated carbocycles. The molecule has 0 fully saturated rings.